The van der Waals surface area contributed by atoms with Crippen LogP contribution in [0.4, 0.5) is 0 Å². The van der Waals surface area contributed by atoms with Gasteiger partial charge in [-0.1, -0.05) is 32.9 Å². The third-order valence-electron chi connectivity index (χ3n) is 3.29. The fraction of sp³-hybridized carbons (Fsp3) is 0.800. The summed E-state index contributed by atoms with van der Waals surface area (Å²) in [6.07, 6.45) is 6.51. The Balaban J connectivity index is 2.75. The Labute approximate surface area is 69.1 Å². The van der Waals surface area contributed by atoms with E-state index in [2.05, 4.69) is 32.9 Å². The van der Waals surface area contributed by atoms with E-state index in [9.17, 15) is 0 Å². The van der Waals surface area contributed by atoms with Gasteiger partial charge in [-0.2, -0.15) is 0 Å². The maximum Gasteiger partial charge on any atom is 0.0439 e. The van der Waals surface area contributed by atoms with Crippen molar-refractivity contribution in [3.8, 4) is 0 Å². The van der Waals surface area contributed by atoms with E-state index >= 15 is 0 Å². The zero-order valence-electron chi connectivity index (χ0n) is 7.72. The highest BCUT2D eigenvalue weighted by Crippen LogP contribution is 2.49. The molecule has 0 saturated heterocycles. The summed E-state index contributed by atoms with van der Waals surface area (Å²) in [6.45, 7) is 7.06. The summed E-state index contributed by atoms with van der Waals surface area (Å²) in [6, 6.07) is 0. The number of aliphatic hydroxyl groups excluding tert-OH is 1. The summed E-state index contributed by atoms with van der Waals surface area (Å²) in [5, 5.41) is 8.89. The van der Waals surface area contributed by atoms with E-state index in [1.807, 2.05) is 0 Å². The Bertz CT molecular complexity index is 170. The summed E-state index contributed by atoms with van der Waals surface area (Å²) in [4.78, 5) is 0. The van der Waals surface area contributed by atoms with Crippen molar-refractivity contribution in [2.45, 2.75) is 33.6 Å². The predicted molar refractivity (Wildman–Crippen MR) is 47.3 cm³/mol. The molecule has 0 aliphatic heterocycles. The van der Waals surface area contributed by atoms with Gasteiger partial charge in [-0.05, 0) is 23.7 Å². The molecule has 0 spiro atoms. The van der Waals surface area contributed by atoms with Gasteiger partial charge in [0.05, 0.1) is 0 Å². The molecule has 0 aromatic rings. The molecule has 1 aliphatic rings. The molecule has 0 saturated carbocycles. The van der Waals surface area contributed by atoms with Crippen LogP contribution in [0, 0.1) is 10.8 Å². The SMILES string of the molecule is CC1(C)CC=C[C@]1(C)CCO. The van der Waals surface area contributed by atoms with Gasteiger partial charge >= 0.3 is 0 Å². The van der Waals surface area contributed by atoms with E-state index in [1.54, 1.807) is 0 Å². The third kappa shape index (κ3) is 1.34. The van der Waals surface area contributed by atoms with Gasteiger partial charge in [0, 0.05) is 6.61 Å². The van der Waals surface area contributed by atoms with E-state index in [0.717, 1.165) is 12.8 Å². The summed E-state index contributed by atoms with van der Waals surface area (Å²) >= 11 is 0. The second kappa shape index (κ2) is 2.63. The van der Waals surface area contributed by atoms with Crippen LogP contribution in [-0.2, 0) is 0 Å². The highest BCUT2D eigenvalue weighted by Gasteiger charge is 2.40. The first-order valence-corrected chi connectivity index (χ1v) is 4.30. The summed E-state index contributed by atoms with van der Waals surface area (Å²) < 4.78 is 0. The molecule has 0 heterocycles. The van der Waals surface area contributed by atoms with E-state index in [0.29, 0.717) is 12.0 Å². The molecular formula is C10H18O. The normalized spacial score (nSPS) is 34.5. The molecule has 0 fully saturated rings. The molecule has 64 valence electrons. The number of rotatable bonds is 2. The maximum atomic E-state index is 8.89. The van der Waals surface area contributed by atoms with Gasteiger partial charge in [-0.3, -0.25) is 0 Å². The number of aliphatic hydroxyl groups is 1. The lowest BCUT2D eigenvalue weighted by atomic mass is 9.67. The average Bonchev–Trinajstić information content (AvgIpc) is 2.09. The van der Waals surface area contributed by atoms with Crippen molar-refractivity contribution in [2.24, 2.45) is 10.8 Å². The lowest BCUT2D eigenvalue weighted by Gasteiger charge is -2.37. The van der Waals surface area contributed by atoms with E-state index in [-0.39, 0.29) is 5.41 Å². The Kier molecular flexibility index (Phi) is 2.10. The van der Waals surface area contributed by atoms with E-state index in [4.69, 9.17) is 5.11 Å². The van der Waals surface area contributed by atoms with Crippen LogP contribution in [-0.4, -0.2) is 11.7 Å². The lowest BCUT2D eigenvalue weighted by Crippen LogP contribution is -2.30. The van der Waals surface area contributed by atoms with Gasteiger partial charge in [-0.15, -0.1) is 0 Å². The molecule has 0 unspecified atom stereocenters. The van der Waals surface area contributed by atoms with Crippen LogP contribution in [0.5, 0.6) is 0 Å². The first kappa shape index (κ1) is 8.79. The summed E-state index contributed by atoms with van der Waals surface area (Å²) in [7, 11) is 0. The molecule has 0 amide bonds. The smallest absolute Gasteiger partial charge is 0.0439 e. The third-order valence-corrected chi connectivity index (χ3v) is 3.29. The van der Waals surface area contributed by atoms with Crippen LogP contribution >= 0.6 is 0 Å². The van der Waals surface area contributed by atoms with Crippen LogP contribution in [0.15, 0.2) is 12.2 Å². The van der Waals surface area contributed by atoms with Gasteiger partial charge in [-0.25, -0.2) is 0 Å². The van der Waals surface area contributed by atoms with Gasteiger partial charge in [0.15, 0.2) is 0 Å². The Morgan fingerprint density at radius 3 is 2.36 bits per heavy atom. The van der Waals surface area contributed by atoms with Crippen LogP contribution in [0.25, 0.3) is 0 Å². The number of hydrogen-bond acceptors (Lipinski definition) is 1. The molecule has 1 nitrogen and oxygen atoms in total. The van der Waals surface area contributed by atoms with E-state index < -0.39 is 0 Å². The first-order chi connectivity index (χ1) is 5.02. The summed E-state index contributed by atoms with van der Waals surface area (Å²) in [5.74, 6) is 0. The molecule has 11 heavy (non-hydrogen) atoms. The first-order valence-electron chi connectivity index (χ1n) is 4.30. The quantitative estimate of drug-likeness (QED) is 0.605. The molecule has 0 aromatic heterocycles. The fourth-order valence-corrected chi connectivity index (χ4v) is 1.73. The minimum absolute atomic E-state index is 0.210. The molecule has 1 atom stereocenters. The second-order valence-electron chi connectivity index (χ2n) is 4.38. The number of allylic oxidation sites excluding steroid dienone is 2. The Morgan fingerprint density at radius 2 is 2.00 bits per heavy atom. The lowest BCUT2D eigenvalue weighted by molar-refractivity contribution is 0.120. The van der Waals surface area contributed by atoms with Crippen LogP contribution in [0.1, 0.15) is 33.6 Å². The molecule has 0 radical (unpaired) electrons. The topological polar surface area (TPSA) is 20.2 Å². The van der Waals surface area contributed by atoms with Crippen molar-refractivity contribution in [2.75, 3.05) is 6.61 Å². The fourth-order valence-electron chi connectivity index (χ4n) is 1.73. The predicted octanol–water partition coefficient (Wildman–Crippen LogP) is 2.36. The molecular weight excluding hydrogens is 136 g/mol. The van der Waals surface area contributed by atoms with Crippen molar-refractivity contribution in [1.29, 1.82) is 0 Å². The van der Waals surface area contributed by atoms with Gasteiger partial charge in [0.2, 0.25) is 0 Å². The molecule has 1 heteroatoms. The second-order valence-corrected chi connectivity index (χ2v) is 4.38. The molecule has 0 bridgehead atoms. The molecule has 0 aromatic carbocycles. The number of hydrogen-bond donors (Lipinski definition) is 1. The summed E-state index contributed by atoms with van der Waals surface area (Å²) in [5.41, 5.74) is 0.539. The van der Waals surface area contributed by atoms with Crippen LogP contribution < -0.4 is 0 Å². The minimum Gasteiger partial charge on any atom is -0.396 e. The van der Waals surface area contributed by atoms with Gasteiger partial charge < -0.3 is 5.11 Å². The highest BCUT2D eigenvalue weighted by molar-refractivity contribution is 5.13. The highest BCUT2D eigenvalue weighted by atomic mass is 16.3. The minimum atomic E-state index is 0.210. The van der Waals surface area contributed by atoms with Crippen molar-refractivity contribution in [1.82, 2.24) is 0 Å². The molecule has 1 rings (SSSR count). The van der Waals surface area contributed by atoms with Gasteiger partial charge in [0.25, 0.3) is 0 Å². The van der Waals surface area contributed by atoms with E-state index in [1.165, 1.54) is 0 Å². The Hall–Kier alpha value is -0.300. The molecule has 1 N–H and O–H groups in total. The largest absolute Gasteiger partial charge is 0.396 e. The standard InChI is InChI=1S/C10H18O/c1-9(2)5-4-6-10(9,3)7-8-11/h4,6,11H,5,7-8H2,1-3H3/t10-/m1/s1. The average molecular weight is 154 g/mol. The van der Waals surface area contributed by atoms with Crippen LogP contribution in [0.3, 0.4) is 0 Å². The zero-order chi connectivity index (χ0) is 8.54. The van der Waals surface area contributed by atoms with Gasteiger partial charge in [0.1, 0.15) is 0 Å². The van der Waals surface area contributed by atoms with Crippen LogP contribution in [0.2, 0.25) is 0 Å². The van der Waals surface area contributed by atoms with Crippen molar-refractivity contribution >= 4 is 0 Å². The van der Waals surface area contributed by atoms with Crippen molar-refractivity contribution in [3.63, 3.8) is 0 Å². The maximum absolute atomic E-state index is 8.89. The zero-order valence-corrected chi connectivity index (χ0v) is 7.72. The molecule has 1 aliphatic carbocycles. The van der Waals surface area contributed by atoms with Crippen molar-refractivity contribution < 1.29 is 5.11 Å². The Morgan fingerprint density at radius 1 is 1.36 bits per heavy atom. The van der Waals surface area contributed by atoms with Crippen molar-refractivity contribution in [3.05, 3.63) is 12.2 Å². The monoisotopic (exact) mass is 154 g/mol.